The Kier molecular flexibility index (Phi) is 10.1. The van der Waals surface area contributed by atoms with Crippen molar-refractivity contribution in [2.75, 3.05) is 19.8 Å². The van der Waals surface area contributed by atoms with Gasteiger partial charge < -0.3 is 20.5 Å². The third kappa shape index (κ3) is 8.12. The van der Waals surface area contributed by atoms with E-state index in [0.717, 1.165) is 19.3 Å². The Labute approximate surface area is 104 Å². The van der Waals surface area contributed by atoms with Crippen molar-refractivity contribution in [3.05, 3.63) is 0 Å². The summed E-state index contributed by atoms with van der Waals surface area (Å²) < 4.78 is 10.6. The number of hydrogen-bond donors (Lipinski definition) is 2. The number of nitrogens with one attached hydrogen (secondary N) is 1. The van der Waals surface area contributed by atoms with Gasteiger partial charge >= 0.3 is 0 Å². The topological polar surface area (TPSA) is 73.6 Å². The predicted molar refractivity (Wildman–Crippen MR) is 67.6 cm³/mol. The van der Waals surface area contributed by atoms with Crippen LogP contribution in [0.5, 0.6) is 0 Å². The smallest absolute Gasteiger partial charge is 0.237 e. The van der Waals surface area contributed by atoms with Crippen LogP contribution >= 0.6 is 0 Å². The zero-order valence-corrected chi connectivity index (χ0v) is 11.2. The lowest BCUT2D eigenvalue weighted by atomic mass is 10.1. The van der Waals surface area contributed by atoms with Gasteiger partial charge in [0.15, 0.2) is 6.29 Å². The van der Waals surface area contributed by atoms with Crippen molar-refractivity contribution in [3.63, 3.8) is 0 Å². The molecule has 1 atom stereocenters. The molecule has 0 bridgehead atoms. The SMILES string of the molecule is CCCCC(N)C(=O)NCC(OCC)OCC. The molecule has 1 amide bonds. The van der Waals surface area contributed by atoms with Gasteiger partial charge in [0.05, 0.1) is 12.6 Å². The van der Waals surface area contributed by atoms with Crippen LogP contribution in [0.2, 0.25) is 0 Å². The molecule has 0 aromatic heterocycles. The minimum atomic E-state index is -0.432. The van der Waals surface area contributed by atoms with E-state index in [1.165, 1.54) is 0 Å². The second-order valence-corrected chi connectivity index (χ2v) is 3.83. The van der Waals surface area contributed by atoms with Gasteiger partial charge in [0, 0.05) is 13.2 Å². The summed E-state index contributed by atoms with van der Waals surface area (Å²) in [4.78, 5) is 11.6. The Bertz CT molecular complexity index is 194. The summed E-state index contributed by atoms with van der Waals surface area (Å²) in [5.74, 6) is -0.136. The third-order valence-corrected chi connectivity index (χ3v) is 2.35. The van der Waals surface area contributed by atoms with Crippen molar-refractivity contribution in [2.45, 2.75) is 52.4 Å². The van der Waals surface area contributed by atoms with E-state index in [2.05, 4.69) is 12.2 Å². The van der Waals surface area contributed by atoms with Gasteiger partial charge in [-0.25, -0.2) is 0 Å². The Balaban J connectivity index is 3.85. The minimum Gasteiger partial charge on any atom is -0.351 e. The van der Waals surface area contributed by atoms with Crippen LogP contribution < -0.4 is 11.1 Å². The molecule has 0 fully saturated rings. The van der Waals surface area contributed by atoms with Crippen LogP contribution in [0.4, 0.5) is 0 Å². The Hall–Kier alpha value is -0.650. The van der Waals surface area contributed by atoms with Crippen LogP contribution in [0, 0.1) is 0 Å². The van der Waals surface area contributed by atoms with Gasteiger partial charge in [-0.2, -0.15) is 0 Å². The van der Waals surface area contributed by atoms with Gasteiger partial charge in [-0.1, -0.05) is 19.8 Å². The van der Waals surface area contributed by atoms with Gasteiger partial charge in [-0.15, -0.1) is 0 Å². The number of nitrogens with two attached hydrogens (primary N) is 1. The third-order valence-electron chi connectivity index (χ3n) is 2.35. The number of amides is 1. The molecule has 102 valence electrons. The van der Waals surface area contributed by atoms with Crippen LogP contribution in [0.1, 0.15) is 40.0 Å². The standard InChI is InChI=1S/C12H26N2O3/c1-4-7-8-10(13)12(15)14-9-11(16-5-2)17-6-3/h10-11H,4-9,13H2,1-3H3,(H,14,15). The highest BCUT2D eigenvalue weighted by Gasteiger charge is 2.15. The number of unbranched alkanes of at least 4 members (excludes halogenated alkanes) is 1. The molecule has 5 nitrogen and oxygen atoms in total. The molecule has 0 saturated carbocycles. The van der Waals surface area contributed by atoms with Crippen LogP contribution in [0.15, 0.2) is 0 Å². The first-order valence-corrected chi connectivity index (χ1v) is 6.42. The molecule has 17 heavy (non-hydrogen) atoms. The zero-order valence-electron chi connectivity index (χ0n) is 11.2. The molecule has 0 aromatic carbocycles. The quantitative estimate of drug-likeness (QED) is 0.564. The van der Waals surface area contributed by atoms with E-state index in [1.807, 2.05) is 13.8 Å². The summed E-state index contributed by atoms with van der Waals surface area (Å²) in [6.07, 6.45) is 2.35. The molecule has 0 radical (unpaired) electrons. The first kappa shape index (κ1) is 16.4. The van der Waals surface area contributed by atoms with Gasteiger partial charge in [0.1, 0.15) is 0 Å². The normalized spacial score (nSPS) is 12.8. The Morgan fingerprint density at radius 2 is 1.82 bits per heavy atom. The first-order chi connectivity index (χ1) is 8.15. The number of ether oxygens (including phenoxy) is 2. The fourth-order valence-electron chi connectivity index (χ4n) is 1.41. The number of carbonyl (C=O) groups excluding carboxylic acids is 1. The number of rotatable bonds is 10. The second kappa shape index (κ2) is 10.5. The highest BCUT2D eigenvalue weighted by Crippen LogP contribution is 1.99. The van der Waals surface area contributed by atoms with Crippen molar-refractivity contribution in [1.29, 1.82) is 0 Å². The van der Waals surface area contributed by atoms with Crippen LogP contribution in [-0.4, -0.2) is 38.0 Å². The van der Waals surface area contributed by atoms with Crippen molar-refractivity contribution in [1.82, 2.24) is 5.32 Å². The van der Waals surface area contributed by atoms with Gasteiger partial charge in [0.25, 0.3) is 0 Å². The fraction of sp³-hybridized carbons (Fsp3) is 0.917. The average Bonchev–Trinajstić information content (AvgIpc) is 2.33. The Morgan fingerprint density at radius 1 is 1.24 bits per heavy atom. The molecule has 5 heteroatoms. The number of carbonyl (C=O) groups is 1. The molecule has 0 spiro atoms. The Morgan fingerprint density at radius 3 is 2.29 bits per heavy atom. The van der Waals surface area contributed by atoms with Crippen LogP contribution in [0.25, 0.3) is 0 Å². The van der Waals surface area contributed by atoms with E-state index in [9.17, 15) is 4.79 Å². The lowest BCUT2D eigenvalue weighted by Crippen LogP contribution is -2.44. The monoisotopic (exact) mass is 246 g/mol. The summed E-state index contributed by atoms with van der Waals surface area (Å²) in [5.41, 5.74) is 5.74. The first-order valence-electron chi connectivity index (χ1n) is 6.42. The maximum absolute atomic E-state index is 11.6. The van der Waals surface area contributed by atoms with Gasteiger partial charge in [-0.3, -0.25) is 4.79 Å². The molecule has 0 aliphatic carbocycles. The summed E-state index contributed by atoms with van der Waals surface area (Å²) in [5, 5.41) is 2.75. The van der Waals surface area contributed by atoms with E-state index in [-0.39, 0.29) is 12.2 Å². The molecule has 0 heterocycles. The van der Waals surface area contributed by atoms with Crippen molar-refractivity contribution < 1.29 is 14.3 Å². The molecule has 0 saturated heterocycles. The van der Waals surface area contributed by atoms with E-state index in [4.69, 9.17) is 15.2 Å². The molecule has 3 N–H and O–H groups in total. The van der Waals surface area contributed by atoms with Crippen molar-refractivity contribution in [2.24, 2.45) is 5.73 Å². The molecular weight excluding hydrogens is 220 g/mol. The van der Waals surface area contributed by atoms with E-state index in [1.54, 1.807) is 0 Å². The zero-order chi connectivity index (χ0) is 13.1. The largest absolute Gasteiger partial charge is 0.351 e. The van der Waals surface area contributed by atoms with Crippen LogP contribution in [0.3, 0.4) is 0 Å². The lowest BCUT2D eigenvalue weighted by Gasteiger charge is -2.18. The van der Waals surface area contributed by atoms with Crippen LogP contribution in [-0.2, 0) is 14.3 Å². The highest BCUT2D eigenvalue weighted by molar-refractivity contribution is 5.81. The van der Waals surface area contributed by atoms with E-state index in [0.29, 0.717) is 19.8 Å². The minimum absolute atomic E-state index is 0.136. The maximum atomic E-state index is 11.6. The molecule has 0 aromatic rings. The molecule has 0 aliphatic rings. The summed E-state index contributed by atoms with van der Waals surface area (Å²) in [6.45, 7) is 7.32. The highest BCUT2D eigenvalue weighted by atomic mass is 16.7. The molecule has 0 rings (SSSR count). The average molecular weight is 246 g/mol. The fourth-order valence-corrected chi connectivity index (χ4v) is 1.41. The maximum Gasteiger partial charge on any atom is 0.237 e. The summed E-state index contributed by atoms with van der Waals surface area (Å²) in [6, 6.07) is -0.432. The van der Waals surface area contributed by atoms with Crippen molar-refractivity contribution >= 4 is 5.91 Å². The molecule has 0 aliphatic heterocycles. The molecular formula is C12H26N2O3. The molecule has 1 unspecified atom stereocenters. The van der Waals surface area contributed by atoms with E-state index < -0.39 is 6.04 Å². The van der Waals surface area contributed by atoms with Crippen molar-refractivity contribution in [3.8, 4) is 0 Å². The number of hydrogen-bond acceptors (Lipinski definition) is 4. The predicted octanol–water partition coefficient (Wildman–Crippen LogP) is 1.02. The van der Waals surface area contributed by atoms with E-state index >= 15 is 0 Å². The summed E-state index contributed by atoms with van der Waals surface area (Å²) in [7, 11) is 0. The van der Waals surface area contributed by atoms with Gasteiger partial charge in [0.2, 0.25) is 5.91 Å². The lowest BCUT2D eigenvalue weighted by molar-refractivity contribution is -0.141. The second-order valence-electron chi connectivity index (χ2n) is 3.83. The summed E-state index contributed by atoms with van der Waals surface area (Å²) >= 11 is 0. The van der Waals surface area contributed by atoms with Gasteiger partial charge in [-0.05, 0) is 20.3 Å².